The van der Waals surface area contributed by atoms with Crippen molar-refractivity contribution in [3.05, 3.63) is 65.5 Å². The smallest absolute Gasteiger partial charge is 0.124 e. The van der Waals surface area contributed by atoms with E-state index in [4.69, 9.17) is 4.74 Å². The van der Waals surface area contributed by atoms with Crippen LogP contribution in [0, 0.1) is 5.82 Å². The first kappa shape index (κ1) is 19.5. The molecule has 126 valence electrons. The third kappa shape index (κ3) is 6.20. The summed E-state index contributed by atoms with van der Waals surface area (Å²) in [5, 5.41) is 3.54. The van der Waals surface area contributed by atoms with Gasteiger partial charge < -0.3 is 10.1 Å². The Morgan fingerprint density at radius 2 is 1.70 bits per heavy atom. The highest BCUT2D eigenvalue weighted by Gasteiger charge is 2.14. The Balaban J connectivity index is 0.00000264. The van der Waals surface area contributed by atoms with Gasteiger partial charge in [-0.15, -0.1) is 12.4 Å². The van der Waals surface area contributed by atoms with Gasteiger partial charge in [-0.3, -0.25) is 0 Å². The lowest BCUT2D eigenvalue weighted by atomic mass is 10.0. The number of hydrogen-bond acceptors (Lipinski definition) is 2. The van der Waals surface area contributed by atoms with Crippen molar-refractivity contribution >= 4 is 12.4 Å². The van der Waals surface area contributed by atoms with E-state index in [-0.39, 0.29) is 23.8 Å². The highest BCUT2D eigenvalue weighted by Crippen LogP contribution is 2.20. The van der Waals surface area contributed by atoms with Gasteiger partial charge in [0, 0.05) is 17.6 Å². The molecular weight excluding hydrogens is 313 g/mol. The molecule has 0 heterocycles. The van der Waals surface area contributed by atoms with Crippen molar-refractivity contribution in [3.63, 3.8) is 0 Å². The summed E-state index contributed by atoms with van der Waals surface area (Å²) in [6.07, 6.45) is 1.06. The largest absolute Gasteiger partial charge is 0.489 e. The van der Waals surface area contributed by atoms with Gasteiger partial charge in [0.2, 0.25) is 0 Å². The van der Waals surface area contributed by atoms with Crippen LogP contribution in [0.15, 0.2) is 48.5 Å². The zero-order valence-corrected chi connectivity index (χ0v) is 14.8. The van der Waals surface area contributed by atoms with Crippen LogP contribution in [0.2, 0.25) is 0 Å². The number of hydrogen-bond donors (Lipinski definition) is 1. The molecule has 4 heteroatoms. The summed E-state index contributed by atoms with van der Waals surface area (Å²) in [4.78, 5) is 0. The van der Waals surface area contributed by atoms with Gasteiger partial charge in [0.05, 0.1) is 0 Å². The van der Waals surface area contributed by atoms with Crippen molar-refractivity contribution < 1.29 is 9.13 Å². The molecule has 0 saturated carbocycles. The second kappa shape index (κ2) is 8.90. The van der Waals surface area contributed by atoms with Crippen LogP contribution < -0.4 is 10.1 Å². The van der Waals surface area contributed by atoms with Crippen molar-refractivity contribution in [1.29, 1.82) is 0 Å². The molecule has 0 bridgehead atoms. The van der Waals surface area contributed by atoms with Gasteiger partial charge in [-0.2, -0.15) is 0 Å². The Morgan fingerprint density at radius 3 is 2.35 bits per heavy atom. The SMILES string of the molecule is CCC(C)(C)NCc1ccccc1OCc1ccc(F)cc1.Cl. The maximum atomic E-state index is 12.9. The van der Waals surface area contributed by atoms with Crippen LogP contribution in [-0.4, -0.2) is 5.54 Å². The minimum Gasteiger partial charge on any atom is -0.489 e. The van der Waals surface area contributed by atoms with E-state index < -0.39 is 0 Å². The molecule has 2 aromatic carbocycles. The molecule has 1 N–H and O–H groups in total. The molecular formula is C19H25ClFNO. The Labute approximate surface area is 144 Å². The lowest BCUT2D eigenvalue weighted by Gasteiger charge is -2.25. The molecule has 0 aliphatic carbocycles. The van der Waals surface area contributed by atoms with Gasteiger partial charge in [0.15, 0.2) is 0 Å². The van der Waals surface area contributed by atoms with E-state index >= 15 is 0 Å². The quantitative estimate of drug-likeness (QED) is 0.758. The van der Waals surface area contributed by atoms with E-state index in [2.05, 4.69) is 32.2 Å². The van der Waals surface area contributed by atoms with Crippen molar-refractivity contribution in [2.75, 3.05) is 0 Å². The maximum Gasteiger partial charge on any atom is 0.124 e. The molecule has 0 saturated heterocycles. The van der Waals surface area contributed by atoms with Crippen molar-refractivity contribution in [3.8, 4) is 5.75 Å². The zero-order valence-electron chi connectivity index (χ0n) is 13.9. The summed E-state index contributed by atoms with van der Waals surface area (Å²) in [5.41, 5.74) is 2.19. The number of nitrogens with one attached hydrogen (secondary N) is 1. The maximum absolute atomic E-state index is 12.9. The Bertz CT molecular complexity index is 599. The summed E-state index contributed by atoms with van der Waals surface area (Å²) in [6.45, 7) is 7.75. The molecule has 0 fully saturated rings. The Kier molecular flexibility index (Phi) is 7.53. The van der Waals surface area contributed by atoms with Crippen LogP contribution in [0.1, 0.15) is 38.3 Å². The van der Waals surface area contributed by atoms with Crippen LogP contribution in [0.3, 0.4) is 0 Å². The predicted molar refractivity (Wildman–Crippen MR) is 95.6 cm³/mol. The summed E-state index contributed by atoms with van der Waals surface area (Å²) in [5.74, 6) is 0.640. The molecule has 0 unspecified atom stereocenters. The highest BCUT2D eigenvalue weighted by atomic mass is 35.5. The zero-order chi connectivity index (χ0) is 16.0. The van der Waals surface area contributed by atoms with Crippen LogP contribution in [-0.2, 0) is 13.2 Å². The summed E-state index contributed by atoms with van der Waals surface area (Å²) in [6, 6.07) is 14.4. The Morgan fingerprint density at radius 1 is 1.04 bits per heavy atom. The number of ether oxygens (including phenoxy) is 1. The van der Waals surface area contributed by atoms with Crippen LogP contribution >= 0.6 is 12.4 Å². The van der Waals surface area contributed by atoms with E-state index in [9.17, 15) is 4.39 Å². The topological polar surface area (TPSA) is 21.3 Å². The average Bonchev–Trinajstić information content (AvgIpc) is 2.53. The molecule has 0 aliphatic rings. The van der Waals surface area contributed by atoms with Crippen LogP contribution in [0.5, 0.6) is 5.75 Å². The van der Waals surface area contributed by atoms with E-state index in [0.717, 1.165) is 29.8 Å². The Hall–Kier alpha value is -1.58. The summed E-state index contributed by atoms with van der Waals surface area (Å²) in [7, 11) is 0. The first-order valence-electron chi connectivity index (χ1n) is 7.70. The molecule has 0 amide bonds. The van der Waals surface area contributed by atoms with E-state index in [1.54, 1.807) is 12.1 Å². The van der Waals surface area contributed by atoms with Crippen LogP contribution in [0.4, 0.5) is 4.39 Å². The molecule has 0 radical (unpaired) electrons. The van der Waals surface area contributed by atoms with Crippen LogP contribution in [0.25, 0.3) is 0 Å². The molecule has 2 nitrogen and oxygen atoms in total. The summed E-state index contributed by atoms with van der Waals surface area (Å²) >= 11 is 0. The fourth-order valence-corrected chi connectivity index (χ4v) is 1.99. The van der Waals surface area contributed by atoms with Gasteiger partial charge in [-0.05, 0) is 44.0 Å². The molecule has 0 aliphatic heterocycles. The van der Waals surface area contributed by atoms with Gasteiger partial charge in [-0.1, -0.05) is 37.3 Å². The fourth-order valence-electron chi connectivity index (χ4n) is 1.99. The lowest BCUT2D eigenvalue weighted by molar-refractivity contribution is 0.298. The van der Waals surface area contributed by atoms with Crippen molar-refractivity contribution in [2.24, 2.45) is 0 Å². The standard InChI is InChI=1S/C19H24FNO.ClH/c1-4-19(2,3)21-13-16-7-5-6-8-18(16)22-14-15-9-11-17(20)12-10-15;/h5-12,21H,4,13-14H2,1-3H3;1H. The monoisotopic (exact) mass is 337 g/mol. The van der Waals surface area contributed by atoms with Gasteiger partial charge in [0.1, 0.15) is 18.2 Å². The number of rotatable bonds is 7. The van der Waals surface area contributed by atoms with Gasteiger partial charge >= 0.3 is 0 Å². The fraction of sp³-hybridized carbons (Fsp3) is 0.368. The summed E-state index contributed by atoms with van der Waals surface area (Å²) < 4.78 is 18.8. The minimum atomic E-state index is -0.227. The molecule has 0 atom stereocenters. The second-order valence-corrected chi connectivity index (χ2v) is 6.11. The normalized spacial score (nSPS) is 11.0. The molecule has 2 aromatic rings. The van der Waals surface area contributed by atoms with E-state index in [1.165, 1.54) is 12.1 Å². The van der Waals surface area contributed by atoms with Crippen molar-refractivity contribution in [2.45, 2.75) is 45.9 Å². The third-order valence-corrected chi connectivity index (χ3v) is 3.92. The number of halogens is 2. The van der Waals surface area contributed by atoms with Crippen molar-refractivity contribution in [1.82, 2.24) is 5.32 Å². The number of para-hydroxylation sites is 1. The van der Waals surface area contributed by atoms with E-state index in [1.807, 2.05) is 18.2 Å². The van der Waals surface area contributed by atoms with Gasteiger partial charge in [0.25, 0.3) is 0 Å². The molecule has 0 spiro atoms. The average molecular weight is 338 g/mol. The van der Waals surface area contributed by atoms with E-state index in [0.29, 0.717) is 6.61 Å². The molecule has 23 heavy (non-hydrogen) atoms. The first-order chi connectivity index (χ1) is 10.5. The number of benzene rings is 2. The molecule has 2 rings (SSSR count). The minimum absolute atomic E-state index is 0. The molecule has 0 aromatic heterocycles. The van der Waals surface area contributed by atoms with Gasteiger partial charge in [-0.25, -0.2) is 4.39 Å². The highest BCUT2D eigenvalue weighted by molar-refractivity contribution is 5.85. The third-order valence-electron chi connectivity index (χ3n) is 3.92. The first-order valence-corrected chi connectivity index (χ1v) is 7.70. The predicted octanol–water partition coefficient (Wildman–Crippen LogP) is 5.10. The lowest BCUT2D eigenvalue weighted by Crippen LogP contribution is -2.37. The second-order valence-electron chi connectivity index (χ2n) is 6.11.